The summed E-state index contributed by atoms with van der Waals surface area (Å²) >= 11 is 0. The van der Waals surface area contributed by atoms with Gasteiger partial charge in [-0.3, -0.25) is 0 Å². The molecule has 0 atom stereocenters. The van der Waals surface area contributed by atoms with Crippen LogP contribution >= 0.6 is 0 Å². The van der Waals surface area contributed by atoms with E-state index in [0.29, 0.717) is 4.68 Å². The molecule has 12 heavy (non-hydrogen) atoms. The van der Waals surface area contributed by atoms with Crippen LogP contribution in [0.5, 0.6) is 0 Å². The predicted molar refractivity (Wildman–Crippen MR) is 32.9 cm³/mol. The molecule has 1 rings (SSSR count). The molecule has 0 unspecified atom stereocenters. The molecule has 0 saturated carbocycles. The van der Waals surface area contributed by atoms with Crippen LogP contribution in [0.15, 0.2) is 6.20 Å². The summed E-state index contributed by atoms with van der Waals surface area (Å²) in [5, 5.41) is 11.6. The normalized spacial score (nSPS) is 10.2. The van der Waals surface area contributed by atoms with E-state index >= 15 is 0 Å². The summed E-state index contributed by atoms with van der Waals surface area (Å²) in [5.41, 5.74) is -0.463. The molecule has 0 spiro atoms. The molecule has 6 heteroatoms. The summed E-state index contributed by atoms with van der Waals surface area (Å²) in [4.78, 5) is 0. The first-order chi connectivity index (χ1) is 5.65. The fraction of sp³-hybridized carbons (Fsp3) is 0.333. The number of aromatic nitrogens is 2. The maximum absolute atomic E-state index is 12.5. The zero-order valence-electron chi connectivity index (χ0n) is 5.84. The molecule has 0 fully saturated rings. The monoisotopic (exact) mass is 175 g/mol. The molecule has 0 radical (unpaired) electrons. The highest BCUT2D eigenvalue weighted by Crippen LogP contribution is 2.06. The molecule has 0 aliphatic carbocycles. The van der Waals surface area contributed by atoms with E-state index in [1.54, 1.807) is 0 Å². The van der Waals surface area contributed by atoms with Crippen LogP contribution in [0.25, 0.3) is 0 Å². The highest BCUT2D eigenvalue weighted by molar-refractivity contribution is 5.20. The van der Waals surface area contributed by atoms with Gasteiger partial charge in [0.25, 0.3) is 6.43 Å². The van der Waals surface area contributed by atoms with Gasteiger partial charge in [-0.05, 0) is 0 Å². The van der Waals surface area contributed by atoms with Crippen molar-refractivity contribution < 1.29 is 13.2 Å². The first kappa shape index (κ1) is 8.59. The Kier molecular flexibility index (Phi) is 2.33. The van der Waals surface area contributed by atoms with Gasteiger partial charge in [0.15, 0.2) is 11.5 Å². The Morgan fingerprint density at radius 2 is 2.33 bits per heavy atom. The highest BCUT2D eigenvalue weighted by Gasteiger charge is 2.13. The van der Waals surface area contributed by atoms with Gasteiger partial charge in [-0.1, -0.05) is 0 Å². The van der Waals surface area contributed by atoms with Crippen molar-refractivity contribution in [1.82, 2.24) is 9.78 Å². The Labute approximate surface area is 66.0 Å². The molecular weight excluding hydrogens is 171 g/mol. The Morgan fingerprint density at radius 3 is 2.83 bits per heavy atom. The van der Waals surface area contributed by atoms with E-state index in [4.69, 9.17) is 5.26 Å². The SMILES string of the molecule is N#Cc1c(F)cnn1CC(F)F. The van der Waals surface area contributed by atoms with Gasteiger partial charge in [-0.25, -0.2) is 17.9 Å². The second-order valence-electron chi connectivity index (χ2n) is 2.03. The zero-order chi connectivity index (χ0) is 9.14. The maximum Gasteiger partial charge on any atom is 0.257 e. The minimum atomic E-state index is -2.64. The Morgan fingerprint density at radius 1 is 1.67 bits per heavy atom. The van der Waals surface area contributed by atoms with Gasteiger partial charge in [0.2, 0.25) is 0 Å². The van der Waals surface area contributed by atoms with E-state index in [2.05, 4.69) is 5.10 Å². The molecule has 3 nitrogen and oxygen atoms in total. The maximum atomic E-state index is 12.5. The molecule has 0 saturated heterocycles. The van der Waals surface area contributed by atoms with E-state index in [9.17, 15) is 13.2 Å². The number of rotatable bonds is 2. The Bertz CT molecular complexity index is 312. The predicted octanol–water partition coefficient (Wildman–Crippen LogP) is 1.16. The standard InChI is InChI=1S/C6H4F3N3/c7-4-2-11-12(3-6(8)9)5(4)1-10/h2,6H,3H2. The molecule has 1 heterocycles. The molecule has 0 amide bonds. The van der Waals surface area contributed by atoms with Crippen LogP contribution in [0.2, 0.25) is 0 Å². The van der Waals surface area contributed by atoms with Crippen LogP contribution in [0.3, 0.4) is 0 Å². The average Bonchev–Trinajstić information content (AvgIpc) is 2.30. The van der Waals surface area contributed by atoms with Crippen molar-refractivity contribution in [2.24, 2.45) is 0 Å². The topological polar surface area (TPSA) is 41.6 Å². The molecule has 0 aromatic carbocycles. The zero-order valence-corrected chi connectivity index (χ0v) is 5.84. The summed E-state index contributed by atoms with van der Waals surface area (Å²) in [6.07, 6.45) is -1.91. The van der Waals surface area contributed by atoms with E-state index in [1.807, 2.05) is 0 Å². The van der Waals surface area contributed by atoms with Gasteiger partial charge in [0.1, 0.15) is 12.6 Å². The average molecular weight is 175 g/mol. The van der Waals surface area contributed by atoms with Gasteiger partial charge in [-0.15, -0.1) is 0 Å². The molecule has 0 aliphatic rings. The number of nitriles is 1. The highest BCUT2D eigenvalue weighted by atomic mass is 19.3. The van der Waals surface area contributed by atoms with Crippen LogP contribution in [0.4, 0.5) is 13.2 Å². The van der Waals surface area contributed by atoms with Crippen molar-refractivity contribution in [3.63, 3.8) is 0 Å². The molecule has 64 valence electrons. The first-order valence-corrected chi connectivity index (χ1v) is 3.04. The molecule has 1 aromatic rings. The van der Waals surface area contributed by atoms with Crippen molar-refractivity contribution >= 4 is 0 Å². The van der Waals surface area contributed by atoms with Crippen molar-refractivity contribution in [2.75, 3.05) is 0 Å². The van der Waals surface area contributed by atoms with Crippen molar-refractivity contribution in [1.29, 1.82) is 5.26 Å². The van der Waals surface area contributed by atoms with Crippen molar-refractivity contribution in [3.05, 3.63) is 17.7 Å². The Balaban J connectivity index is 2.94. The van der Waals surface area contributed by atoms with Gasteiger partial charge < -0.3 is 0 Å². The summed E-state index contributed by atoms with van der Waals surface area (Å²) < 4.78 is 36.7. The first-order valence-electron chi connectivity index (χ1n) is 3.04. The number of nitrogens with zero attached hydrogens (tertiary/aromatic N) is 3. The van der Waals surface area contributed by atoms with Crippen molar-refractivity contribution in [2.45, 2.75) is 13.0 Å². The van der Waals surface area contributed by atoms with Gasteiger partial charge >= 0.3 is 0 Å². The van der Waals surface area contributed by atoms with E-state index in [-0.39, 0.29) is 0 Å². The molecule has 1 aromatic heterocycles. The minimum absolute atomic E-state index is 0.463. The third-order valence-electron chi connectivity index (χ3n) is 1.21. The van der Waals surface area contributed by atoms with Crippen molar-refractivity contribution in [3.8, 4) is 6.07 Å². The van der Waals surface area contributed by atoms with E-state index in [0.717, 1.165) is 6.20 Å². The fourth-order valence-electron chi connectivity index (χ4n) is 0.743. The van der Waals surface area contributed by atoms with Crippen LogP contribution in [-0.4, -0.2) is 16.2 Å². The van der Waals surface area contributed by atoms with E-state index in [1.165, 1.54) is 6.07 Å². The molecule has 0 N–H and O–H groups in total. The lowest BCUT2D eigenvalue weighted by Gasteiger charge is -1.99. The summed E-state index contributed by atoms with van der Waals surface area (Å²) in [7, 11) is 0. The lowest BCUT2D eigenvalue weighted by atomic mass is 10.4. The number of alkyl halides is 2. The largest absolute Gasteiger partial charge is 0.257 e. The lowest BCUT2D eigenvalue weighted by Crippen LogP contribution is -2.10. The van der Waals surface area contributed by atoms with Crippen LogP contribution in [0, 0.1) is 17.1 Å². The summed E-state index contributed by atoms with van der Waals surface area (Å²) in [6, 6.07) is 1.44. The van der Waals surface area contributed by atoms with Crippen LogP contribution < -0.4 is 0 Å². The second kappa shape index (κ2) is 3.26. The quantitative estimate of drug-likeness (QED) is 0.676. The number of hydrogen-bond acceptors (Lipinski definition) is 2. The lowest BCUT2D eigenvalue weighted by molar-refractivity contribution is 0.121. The minimum Gasteiger partial charge on any atom is -0.246 e. The van der Waals surface area contributed by atoms with Crippen LogP contribution in [0.1, 0.15) is 5.69 Å². The number of hydrogen-bond donors (Lipinski definition) is 0. The molecule has 0 aliphatic heterocycles. The van der Waals surface area contributed by atoms with Gasteiger partial charge in [0, 0.05) is 0 Å². The molecular formula is C6H4F3N3. The van der Waals surface area contributed by atoms with Gasteiger partial charge in [-0.2, -0.15) is 10.4 Å². The fourth-order valence-corrected chi connectivity index (χ4v) is 0.743. The summed E-state index contributed by atoms with van der Waals surface area (Å²) in [5.74, 6) is -0.877. The second-order valence-corrected chi connectivity index (χ2v) is 2.03. The van der Waals surface area contributed by atoms with Gasteiger partial charge in [0.05, 0.1) is 6.20 Å². The van der Waals surface area contributed by atoms with Crippen LogP contribution in [-0.2, 0) is 6.54 Å². The smallest absolute Gasteiger partial charge is 0.246 e. The Hall–Kier alpha value is -1.51. The number of halogens is 3. The van der Waals surface area contributed by atoms with E-state index < -0.39 is 24.5 Å². The summed E-state index contributed by atoms with van der Waals surface area (Å²) in [6.45, 7) is -0.757. The third kappa shape index (κ3) is 1.56. The molecule has 0 bridgehead atoms. The third-order valence-corrected chi connectivity index (χ3v) is 1.21.